The van der Waals surface area contributed by atoms with Gasteiger partial charge in [0.15, 0.2) is 0 Å². The van der Waals surface area contributed by atoms with Crippen LogP contribution in [0, 0.1) is 0 Å². The molecule has 0 unspecified atom stereocenters. The van der Waals surface area contributed by atoms with E-state index in [-0.39, 0.29) is 17.5 Å². The van der Waals surface area contributed by atoms with Crippen LogP contribution in [0.1, 0.15) is 30.0 Å². The molecule has 0 aliphatic carbocycles. The zero-order valence-electron chi connectivity index (χ0n) is 13.3. The van der Waals surface area contributed by atoms with Crippen LogP contribution in [0.4, 0.5) is 0 Å². The topological polar surface area (TPSA) is 80.4 Å². The van der Waals surface area contributed by atoms with Crippen molar-refractivity contribution in [2.45, 2.75) is 25.9 Å². The number of carbonyl (C=O) groups is 1. The predicted octanol–water partition coefficient (Wildman–Crippen LogP) is 0.609. The maximum Gasteiger partial charge on any atom is 0.266 e. The molecule has 1 aliphatic heterocycles. The van der Waals surface area contributed by atoms with Crippen LogP contribution < -0.4 is 10.9 Å². The van der Waals surface area contributed by atoms with Gasteiger partial charge in [-0.05, 0) is 24.6 Å². The first-order valence-corrected chi connectivity index (χ1v) is 7.64. The number of carbonyl (C=O) groups excluding carboxylic acids is 1. The highest BCUT2D eigenvalue weighted by atomic mass is 16.3. The third-order valence-electron chi connectivity index (χ3n) is 4.03. The van der Waals surface area contributed by atoms with Gasteiger partial charge in [-0.15, -0.1) is 0 Å². The number of aryl methyl sites for hydroxylation is 1. The van der Waals surface area contributed by atoms with E-state index in [4.69, 9.17) is 4.42 Å². The zero-order valence-corrected chi connectivity index (χ0v) is 13.3. The SMILES string of the molecule is C[C@H](NC(=O)CN1CCc2nn(C)c(=O)cc2C1)c1ccco1. The lowest BCUT2D eigenvalue weighted by Crippen LogP contribution is -2.41. The largest absolute Gasteiger partial charge is 0.467 e. The van der Waals surface area contributed by atoms with Crippen molar-refractivity contribution in [2.75, 3.05) is 13.1 Å². The molecule has 0 aromatic carbocycles. The molecule has 0 fully saturated rings. The molecule has 3 heterocycles. The van der Waals surface area contributed by atoms with E-state index in [1.807, 2.05) is 17.9 Å². The highest BCUT2D eigenvalue weighted by Crippen LogP contribution is 2.15. The van der Waals surface area contributed by atoms with Crippen molar-refractivity contribution >= 4 is 5.91 Å². The van der Waals surface area contributed by atoms with E-state index in [0.29, 0.717) is 13.1 Å². The summed E-state index contributed by atoms with van der Waals surface area (Å²) in [5.41, 5.74) is 1.72. The summed E-state index contributed by atoms with van der Waals surface area (Å²) in [7, 11) is 1.65. The molecule has 0 saturated carbocycles. The fourth-order valence-electron chi connectivity index (χ4n) is 2.79. The molecule has 122 valence electrons. The summed E-state index contributed by atoms with van der Waals surface area (Å²) in [5, 5.41) is 7.19. The molecule has 2 aromatic heterocycles. The smallest absolute Gasteiger partial charge is 0.266 e. The molecule has 1 atom stereocenters. The Balaban J connectivity index is 1.60. The molecule has 0 radical (unpaired) electrons. The summed E-state index contributed by atoms with van der Waals surface area (Å²) in [6.07, 6.45) is 2.33. The first-order chi connectivity index (χ1) is 11.0. The van der Waals surface area contributed by atoms with E-state index in [2.05, 4.69) is 10.4 Å². The minimum absolute atomic E-state index is 0.0610. The molecular weight excluding hydrogens is 296 g/mol. The second kappa shape index (κ2) is 6.37. The van der Waals surface area contributed by atoms with Gasteiger partial charge in [-0.25, -0.2) is 4.68 Å². The van der Waals surface area contributed by atoms with Gasteiger partial charge >= 0.3 is 0 Å². The molecule has 23 heavy (non-hydrogen) atoms. The summed E-state index contributed by atoms with van der Waals surface area (Å²) in [6.45, 7) is 3.50. The molecule has 1 amide bonds. The maximum absolute atomic E-state index is 12.2. The summed E-state index contributed by atoms with van der Waals surface area (Å²) in [5.74, 6) is 0.671. The Hall–Kier alpha value is -2.41. The van der Waals surface area contributed by atoms with Gasteiger partial charge in [-0.2, -0.15) is 5.10 Å². The van der Waals surface area contributed by atoms with Crippen LogP contribution in [-0.2, 0) is 24.8 Å². The van der Waals surface area contributed by atoms with Gasteiger partial charge in [-0.1, -0.05) is 0 Å². The Labute approximate surface area is 133 Å². The van der Waals surface area contributed by atoms with Gasteiger partial charge in [0.2, 0.25) is 5.91 Å². The normalized spacial score (nSPS) is 15.9. The molecule has 0 saturated heterocycles. The molecule has 7 heteroatoms. The number of hydrogen-bond donors (Lipinski definition) is 1. The minimum Gasteiger partial charge on any atom is -0.467 e. The summed E-state index contributed by atoms with van der Waals surface area (Å²) in [4.78, 5) is 25.9. The zero-order chi connectivity index (χ0) is 16.4. The van der Waals surface area contributed by atoms with Crippen molar-refractivity contribution < 1.29 is 9.21 Å². The molecule has 1 aliphatic rings. The van der Waals surface area contributed by atoms with E-state index in [1.54, 1.807) is 25.4 Å². The van der Waals surface area contributed by atoms with E-state index in [0.717, 1.165) is 30.0 Å². The lowest BCUT2D eigenvalue weighted by atomic mass is 10.1. The van der Waals surface area contributed by atoms with Crippen molar-refractivity contribution in [3.8, 4) is 0 Å². The van der Waals surface area contributed by atoms with Gasteiger partial charge in [0, 0.05) is 32.6 Å². The van der Waals surface area contributed by atoms with Crippen molar-refractivity contribution in [1.29, 1.82) is 0 Å². The quantitative estimate of drug-likeness (QED) is 0.894. The highest BCUT2D eigenvalue weighted by molar-refractivity contribution is 5.78. The number of rotatable bonds is 4. The predicted molar refractivity (Wildman–Crippen MR) is 83.7 cm³/mol. The van der Waals surface area contributed by atoms with E-state index < -0.39 is 0 Å². The number of fused-ring (bicyclic) bond motifs is 1. The van der Waals surface area contributed by atoms with Gasteiger partial charge in [0.25, 0.3) is 5.56 Å². The van der Waals surface area contributed by atoms with Gasteiger partial charge in [0.05, 0.1) is 24.5 Å². The standard InChI is InChI=1S/C16H20N4O3/c1-11(14-4-3-7-23-14)17-15(21)10-20-6-5-13-12(9-20)8-16(22)19(2)18-13/h3-4,7-8,11H,5-6,9-10H2,1-2H3,(H,17,21)/t11-/m0/s1. The van der Waals surface area contributed by atoms with E-state index >= 15 is 0 Å². The van der Waals surface area contributed by atoms with Crippen LogP contribution in [0.15, 0.2) is 33.7 Å². The Kier molecular flexibility index (Phi) is 4.29. The van der Waals surface area contributed by atoms with Gasteiger partial charge in [0.1, 0.15) is 5.76 Å². The highest BCUT2D eigenvalue weighted by Gasteiger charge is 2.21. The van der Waals surface area contributed by atoms with Crippen molar-refractivity contribution in [3.05, 3.63) is 51.8 Å². The first-order valence-electron chi connectivity index (χ1n) is 7.64. The first kappa shape index (κ1) is 15.5. The average Bonchev–Trinajstić information content (AvgIpc) is 3.03. The monoisotopic (exact) mass is 316 g/mol. The Morgan fingerprint density at radius 3 is 3.09 bits per heavy atom. The minimum atomic E-state index is -0.163. The maximum atomic E-state index is 12.2. The molecule has 2 aromatic rings. The Bertz CT molecular complexity index is 751. The van der Waals surface area contributed by atoms with Gasteiger partial charge in [-0.3, -0.25) is 14.5 Å². The van der Waals surface area contributed by atoms with Crippen LogP contribution in [0.25, 0.3) is 0 Å². The summed E-state index contributed by atoms with van der Waals surface area (Å²) >= 11 is 0. The van der Waals surface area contributed by atoms with E-state index in [9.17, 15) is 9.59 Å². The lowest BCUT2D eigenvalue weighted by Gasteiger charge is -2.27. The van der Waals surface area contributed by atoms with Crippen LogP contribution in [0.2, 0.25) is 0 Å². The lowest BCUT2D eigenvalue weighted by molar-refractivity contribution is -0.123. The number of nitrogens with one attached hydrogen (secondary N) is 1. The molecule has 0 bridgehead atoms. The van der Waals surface area contributed by atoms with Crippen molar-refractivity contribution in [3.63, 3.8) is 0 Å². The molecular formula is C16H20N4O3. The second-order valence-corrected chi connectivity index (χ2v) is 5.84. The Morgan fingerprint density at radius 1 is 1.52 bits per heavy atom. The van der Waals surface area contributed by atoms with E-state index in [1.165, 1.54) is 4.68 Å². The van der Waals surface area contributed by atoms with Crippen LogP contribution in [-0.4, -0.2) is 33.7 Å². The molecule has 1 N–H and O–H groups in total. The number of hydrogen-bond acceptors (Lipinski definition) is 5. The molecule has 7 nitrogen and oxygen atoms in total. The number of furan rings is 1. The summed E-state index contributed by atoms with van der Waals surface area (Å²) < 4.78 is 6.64. The third kappa shape index (κ3) is 3.50. The average molecular weight is 316 g/mol. The van der Waals surface area contributed by atoms with Crippen molar-refractivity contribution in [2.24, 2.45) is 7.05 Å². The molecule has 0 spiro atoms. The summed E-state index contributed by atoms with van der Waals surface area (Å²) in [6, 6.07) is 5.08. The Morgan fingerprint density at radius 2 is 2.35 bits per heavy atom. The van der Waals surface area contributed by atoms with Gasteiger partial charge < -0.3 is 9.73 Å². The third-order valence-corrected chi connectivity index (χ3v) is 4.03. The van der Waals surface area contributed by atoms with Crippen LogP contribution in [0.3, 0.4) is 0 Å². The van der Waals surface area contributed by atoms with Crippen molar-refractivity contribution in [1.82, 2.24) is 20.0 Å². The second-order valence-electron chi connectivity index (χ2n) is 5.84. The van der Waals surface area contributed by atoms with Crippen LogP contribution >= 0.6 is 0 Å². The number of aromatic nitrogens is 2. The fourth-order valence-corrected chi connectivity index (χ4v) is 2.79. The van der Waals surface area contributed by atoms with Crippen LogP contribution in [0.5, 0.6) is 0 Å². The number of amides is 1. The molecule has 3 rings (SSSR count). The number of nitrogens with zero attached hydrogens (tertiary/aromatic N) is 3. The fraction of sp³-hybridized carbons (Fsp3) is 0.438.